The normalized spacial score (nSPS) is 17.0. The van der Waals surface area contributed by atoms with Gasteiger partial charge in [-0.05, 0) is 49.2 Å². The number of fused-ring (bicyclic) bond motifs is 1. The van der Waals surface area contributed by atoms with E-state index < -0.39 is 0 Å². The Bertz CT molecular complexity index is 998. The van der Waals surface area contributed by atoms with E-state index in [1.54, 1.807) is 11.6 Å². The lowest BCUT2D eigenvalue weighted by molar-refractivity contribution is -0.120. The fourth-order valence-electron chi connectivity index (χ4n) is 3.64. The number of amides is 1. The first-order valence-electron chi connectivity index (χ1n) is 9.97. The van der Waals surface area contributed by atoms with Crippen LogP contribution in [0, 0.1) is 5.92 Å². The Hall–Kier alpha value is -3.16. The lowest BCUT2D eigenvalue weighted by Gasteiger charge is -2.32. The number of rotatable bonds is 5. The largest absolute Gasteiger partial charge is 0.497 e. The van der Waals surface area contributed by atoms with Crippen molar-refractivity contribution in [1.29, 1.82) is 0 Å². The van der Waals surface area contributed by atoms with Crippen molar-refractivity contribution in [2.75, 3.05) is 30.4 Å². The molecule has 3 heterocycles. The molecule has 8 heteroatoms. The summed E-state index contributed by atoms with van der Waals surface area (Å²) in [6.07, 6.45) is 1.81. The Morgan fingerprint density at radius 2 is 1.97 bits per heavy atom. The summed E-state index contributed by atoms with van der Waals surface area (Å²) in [7, 11) is 1.62. The molecular formula is C21H26N6O2. The van der Waals surface area contributed by atoms with Gasteiger partial charge < -0.3 is 15.0 Å². The first-order chi connectivity index (χ1) is 14.0. The number of hydrogen-bond acceptors (Lipinski definition) is 6. The summed E-state index contributed by atoms with van der Waals surface area (Å²) in [5, 5.41) is 16.2. The minimum absolute atomic E-state index is 0.0353. The predicted molar refractivity (Wildman–Crippen MR) is 111 cm³/mol. The number of carbonyl (C=O) groups excluding carboxylic acids is 1. The quantitative estimate of drug-likeness (QED) is 0.716. The molecule has 1 amide bonds. The van der Waals surface area contributed by atoms with Crippen LogP contribution in [0.4, 0.5) is 11.5 Å². The van der Waals surface area contributed by atoms with Gasteiger partial charge in [0.1, 0.15) is 11.6 Å². The molecule has 2 aromatic heterocycles. The van der Waals surface area contributed by atoms with Crippen molar-refractivity contribution in [3.8, 4) is 5.75 Å². The minimum Gasteiger partial charge on any atom is -0.497 e. The number of benzene rings is 1. The Balaban J connectivity index is 1.48. The molecule has 0 bridgehead atoms. The van der Waals surface area contributed by atoms with Crippen LogP contribution in [0.1, 0.15) is 38.4 Å². The van der Waals surface area contributed by atoms with E-state index in [0.29, 0.717) is 6.54 Å². The van der Waals surface area contributed by atoms with E-state index in [1.165, 1.54) is 0 Å². The van der Waals surface area contributed by atoms with E-state index in [1.807, 2.05) is 36.4 Å². The molecule has 1 atom stereocenters. The molecule has 0 aliphatic carbocycles. The summed E-state index contributed by atoms with van der Waals surface area (Å²) in [5.41, 5.74) is 1.52. The van der Waals surface area contributed by atoms with Gasteiger partial charge in [-0.25, -0.2) is 0 Å². The van der Waals surface area contributed by atoms with Crippen molar-refractivity contribution in [2.45, 2.75) is 32.6 Å². The summed E-state index contributed by atoms with van der Waals surface area (Å²) >= 11 is 0. The van der Waals surface area contributed by atoms with Gasteiger partial charge in [0.25, 0.3) is 0 Å². The smallest absolute Gasteiger partial charge is 0.229 e. The first kappa shape index (κ1) is 19.2. The first-order valence-corrected chi connectivity index (χ1v) is 9.97. The summed E-state index contributed by atoms with van der Waals surface area (Å²) in [6, 6.07) is 11.3. The van der Waals surface area contributed by atoms with Crippen LogP contribution >= 0.6 is 0 Å². The molecule has 8 nitrogen and oxygen atoms in total. The maximum atomic E-state index is 12.8. The van der Waals surface area contributed by atoms with Gasteiger partial charge in [0.2, 0.25) is 5.91 Å². The summed E-state index contributed by atoms with van der Waals surface area (Å²) in [6.45, 7) is 5.67. The molecule has 1 saturated heterocycles. The van der Waals surface area contributed by atoms with E-state index in [4.69, 9.17) is 9.84 Å². The van der Waals surface area contributed by atoms with Gasteiger partial charge in [-0.3, -0.25) is 4.79 Å². The van der Waals surface area contributed by atoms with E-state index in [-0.39, 0.29) is 17.7 Å². The molecule has 1 fully saturated rings. The summed E-state index contributed by atoms with van der Waals surface area (Å²) in [4.78, 5) is 15.0. The van der Waals surface area contributed by atoms with Gasteiger partial charge in [-0.15, -0.1) is 15.3 Å². The molecule has 1 aliphatic heterocycles. The van der Waals surface area contributed by atoms with Crippen LogP contribution in [0.15, 0.2) is 36.4 Å². The fraction of sp³-hybridized carbons (Fsp3) is 0.429. The van der Waals surface area contributed by atoms with Crippen molar-refractivity contribution in [3.63, 3.8) is 0 Å². The highest BCUT2D eigenvalue weighted by atomic mass is 16.5. The molecule has 3 aromatic rings. The van der Waals surface area contributed by atoms with Crippen LogP contribution in [-0.4, -0.2) is 45.9 Å². The van der Waals surface area contributed by atoms with E-state index in [2.05, 4.69) is 34.3 Å². The van der Waals surface area contributed by atoms with Crippen LogP contribution in [-0.2, 0) is 4.79 Å². The summed E-state index contributed by atoms with van der Waals surface area (Å²) < 4.78 is 6.97. The van der Waals surface area contributed by atoms with Crippen LogP contribution in [0.3, 0.4) is 0 Å². The molecule has 0 unspecified atom stereocenters. The van der Waals surface area contributed by atoms with Crippen LogP contribution < -0.4 is 15.0 Å². The van der Waals surface area contributed by atoms with Crippen LogP contribution in [0.5, 0.6) is 5.75 Å². The van der Waals surface area contributed by atoms with Crippen LogP contribution in [0.25, 0.3) is 5.65 Å². The molecular weight excluding hydrogens is 368 g/mol. The Morgan fingerprint density at radius 1 is 1.17 bits per heavy atom. The van der Waals surface area contributed by atoms with Gasteiger partial charge in [-0.2, -0.15) is 4.52 Å². The third-order valence-corrected chi connectivity index (χ3v) is 5.26. The second kappa shape index (κ2) is 8.06. The van der Waals surface area contributed by atoms with Gasteiger partial charge in [0, 0.05) is 24.7 Å². The third kappa shape index (κ3) is 4.01. The zero-order chi connectivity index (χ0) is 20.4. The zero-order valence-corrected chi connectivity index (χ0v) is 17.0. The molecule has 29 heavy (non-hydrogen) atoms. The standard InChI is InChI=1S/C21H26N6O2/c1-14(2)20-24-23-18-10-11-19(25-27(18)20)26-12-4-5-15(13-26)21(28)22-16-6-8-17(29-3)9-7-16/h6-11,14-15H,4-5,12-13H2,1-3H3,(H,22,28)/t15-/m0/s1. The van der Waals surface area contributed by atoms with Crippen molar-refractivity contribution in [3.05, 3.63) is 42.2 Å². The average Bonchev–Trinajstić information content (AvgIpc) is 3.18. The van der Waals surface area contributed by atoms with E-state index in [9.17, 15) is 4.79 Å². The minimum atomic E-state index is -0.0890. The molecule has 4 rings (SSSR count). The van der Waals surface area contributed by atoms with E-state index >= 15 is 0 Å². The van der Waals surface area contributed by atoms with Gasteiger partial charge >= 0.3 is 0 Å². The highest BCUT2D eigenvalue weighted by Crippen LogP contribution is 2.24. The molecule has 152 valence electrons. The van der Waals surface area contributed by atoms with E-state index in [0.717, 1.165) is 48.1 Å². The second-order valence-corrected chi connectivity index (χ2v) is 7.68. The number of hydrogen-bond donors (Lipinski definition) is 1. The number of nitrogens with zero attached hydrogens (tertiary/aromatic N) is 5. The molecule has 1 N–H and O–H groups in total. The zero-order valence-electron chi connectivity index (χ0n) is 17.0. The average molecular weight is 394 g/mol. The Kier molecular flexibility index (Phi) is 5.33. The number of nitrogens with one attached hydrogen (secondary N) is 1. The van der Waals surface area contributed by atoms with Gasteiger partial charge in [0.15, 0.2) is 11.5 Å². The maximum absolute atomic E-state index is 12.8. The molecule has 1 aromatic carbocycles. The van der Waals surface area contributed by atoms with Gasteiger partial charge in [-0.1, -0.05) is 13.8 Å². The SMILES string of the molecule is COc1ccc(NC(=O)[C@H]2CCCN(c3ccc4nnc(C(C)C)n4n3)C2)cc1. The predicted octanol–water partition coefficient (Wildman–Crippen LogP) is 3.11. The topological polar surface area (TPSA) is 84.6 Å². The highest BCUT2D eigenvalue weighted by Gasteiger charge is 2.27. The second-order valence-electron chi connectivity index (χ2n) is 7.68. The molecule has 1 aliphatic rings. The highest BCUT2D eigenvalue weighted by molar-refractivity contribution is 5.93. The van der Waals surface area contributed by atoms with Crippen LogP contribution in [0.2, 0.25) is 0 Å². The molecule has 0 spiro atoms. The van der Waals surface area contributed by atoms with Crippen molar-refractivity contribution in [1.82, 2.24) is 19.8 Å². The lowest BCUT2D eigenvalue weighted by atomic mass is 9.97. The third-order valence-electron chi connectivity index (χ3n) is 5.26. The number of anilines is 2. The lowest BCUT2D eigenvalue weighted by Crippen LogP contribution is -2.41. The number of carbonyl (C=O) groups is 1. The monoisotopic (exact) mass is 394 g/mol. The molecule has 0 radical (unpaired) electrons. The number of aromatic nitrogens is 4. The Labute approximate surface area is 169 Å². The number of piperidine rings is 1. The van der Waals surface area contributed by atoms with Gasteiger partial charge in [0.05, 0.1) is 13.0 Å². The maximum Gasteiger partial charge on any atom is 0.229 e. The van der Waals surface area contributed by atoms with Crippen molar-refractivity contribution < 1.29 is 9.53 Å². The summed E-state index contributed by atoms with van der Waals surface area (Å²) in [5.74, 6) is 2.64. The number of ether oxygens (including phenoxy) is 1. The Morgan fingerprint density at radius 3 is 2.69 bits per heavy atom. The van der Waals surface area contributed by atoms with Crippen molar-refractivity contribution in [2.24, 2.45) is 5.92 Å². The fourth-order valence-corrected chi connectivity index (χ4v) is 3.64. The van der Waals surface area contributed by atoms with Crippen molar-refractivity contribution >= 4 is 23.1 Å². The molecule has 0 saturated carbocycles. The number of methoxy groups -OCH3 is 1.